The molecule has 28 heavy (non-hydrogen) atoms. The molecule has 8 heteroatoms. The highest BCUT2D eigenvalue weighted by Gasteiger charge is 2.58. The van der Waals surface area contributed by atoms with Crippen LogP contribution in [0.2, 0.25) is 0 Å². The maximum absolute atomic E-state index is 12.8. The number of anilines is 1. The lowest BCUT2D eigenvalue weighted by molar-refractivity contribution is -0.136. The van der Waals surface area contributed by atoms with Gasteiger partial charge in [-0.25, -0.2) is 6.57 Å². The molecule has 3 amide bonds. The van der Waals surface area contributed by atoms with Crippen molar-refractivity contribution in [1.29, 1.82) is 0 Å². The van der Waals surface area contributed by atoms with Crippen molar-refractivity contribution in [1.82, 2.24) is 10.2 Å². The lowest BCUT2D eigenvalue weighted by Gasteiger charge is -2.21. The summed E-state index contributed by atoms with van der Waals surface area (Å²) in [5, 5.41) is 15.2. The Labute approximate surface area is 162 Å². The number of amides is 3. The molecule has 0 radical (unpaired) electrons. The fourth-order valence-corrected chi connectivity index (χ4v) is 4.59. The monoisotopic (exact) mass is 382 g/mol. The molecule has 1 saturated carbocycles. The van der Waals surface area contributed by atoms with Crippen molar-refractivity contribution in [3.8, 4) is 0 Å². The molecular formula is C20H22N4O4. The van der Waals surface area contributed by atoms with Gasteiger partial charge in [-0.05, 0) is 30.9 Å². The number of likely N-dealkylation sites (tertiary alicyclic amines) is 1. The van der Waals surface area contributed by atoms with Gasteiger partial charge in [0, 0.05) is 18.3 Å². The van der Waals surface area contributed by atoms with E-state index in [1.54, 1.807) is 0 Å². The minimum absolute atomic E-state index is 0.0944. The van der Waals surface area contributed by atoms with Crippen molar-refractivity contribution in [2.24, 2.45) is 0 Å². The van der Waals surface area contributed by atoms with Gasteiger partial charge in [-0.1, -0.05) is 18.2 Å². The normalized spacial score (nSPS) is 30.8. The second-order valence-electron chi connectivity index (χ2n) is 7.83. The molecule has 2 heterocycles. The number of nitrogens with zero attached hydrogens (tertiary/aromatic N) is 2. The molecular weight excluding hydrogens is 360 g/mol. The third kappa shape index (κ3) is 3.02. The largest absolute Gasteiger partial charge is 0.393 e. The molecule has 146 valence electrons. The van der Waals surface area contributed by atoms with Crippen LogP contribution in [0.15, 0.2) is 24.3 Å². The fraction of sp³-hybridized carbons (Fsp3) is 0.500. The molecule has 0 bridgehead atoms. The first-order chi connectivity index (χ1) is 13.4. The predicted octanol–water partition coefficient (Wildman–Crippen LogP) is 0.774. The van der Waals surface area contributed by atoms with E-state index in [0.717, 1.165) is 5.56 Å². The minimum Gasteiger partial charge on any atom is -0.393 e. The third-order valence-electron chi connectivity index (χ3n) is 6.01. The molecule has 1 aromatic carbocycles. The van der Waals surface area contributed by atoms with Crippen LogP contribution in [0.5, 0.6) is 0 Å². The molecule has 8 nitrogen and oxygen atoms in total. The van der Waals surface area contributed by atoms with Crippen LogP contribution in [0, 0.1) is 6.57 Å². The quantitative estimate of drug-likeness (QED) is 0.531. The second kappa shape index (κ2) is 6.91. The number of nitrogens with one attached hydrogen (secondary N) is 2. The van der Waals surface area contributed by atoms with E-state index in [-0.39, 0.29) is 31.3 Å². The predicted molar refractivity (Wildman–Crippen MR) is 99.9 cm³/mol. The van der Waals surface area contributed by atoms with Crippen molar-refractivity contribution >= 4 is 23.4 Å². The first-order valence-corrected chi connectivity index (χ1v) is 9.47. The van der Waals surface area contributed by atoms with E-state index in [4.69, 9.17) is 6.57 Å². The Morgan fingerprint density at radius 1 is 1.36 bits per heavy atom. The van der Waals surface area contributed by atoms with Crippen LogP contribution in [0.4, 0.5) is 5.69 Å². The number of benzene rings is 1. The topological polar surface area (TPSA) is 103 Å². The standard InChI is InChI=1S/C20H22N4O4/c1-21-16-10-20(14-4-2-3-5-15(14)23-19(20)28)11-24(16)18(27)9-17(26)22-12-6-7-13(25)8-12/h2-5,12-13,16,25H,6-11H2,(H,22,26)(H,23,28)/t12-,13+,16+,20+/m1/s1. The summed E-state index contributed by atoms with van der Waals surface area (Å²) in [6.07, 6.45) is 0.503. The molecule has 3 aliphatic rings. The number of para-hydroxylation sites is 1. The lowest BCUT2D eigenvalue weighted by Crippen LogP contribution is -2.42. The number of hydrogen-bond acceptors (Lipinski definition) is 4. The van der Waals surface area contributed by atoms with E-state index in [2.05, 4.69) is 15.5 Å². The highest BCUT2D eigenvalue weighted by molar-refractivity contribution is 6.07. The summed E-state index contributed by atoms with van der Waals surface area (Å²) in [7, 11) is 0. The van der Waals surface area contributed by atoms with Crippen LogP contribution in [0.25, 0.3) is 4.85 Å². The number of aliphatic hydroxyl groups excluding tert-OH is 1. The van der Waals surface area contributed by atoms with Crippen molar-refractivity contribution in [3.05, 3.63) is 41.2 Å². The van der Waals surface area contributed by atoms with Gasteiger partial charge < -0.3 is 15.7 Å². The lowest BCUT2D eigenvalue weighted by atomic mass is 9.80. The zero-order valence-corrected chi connectivity index (χ0v) is 15.4. The summed E-state index contributed by atoms with van der Waals surface area (Å²) < 4.78 is 0. The summed E-state index contributed by atoms with van der Waals surface area (Å²) in [6.45, 7) is 7.57. The molecule has 3 N–H and O–H groups in total. The average molecular weight is 382 g/mol. The highest BCUT2D eigenvalue weighted by atomic mass is 16.3. The van der Waals surface area contributed by atoms with Gasteiger partial charge in [0.1, 0.15) is 11.8 Å². The van der Waals surface area contributed by atoms with E-state index in [0.29, 0.717) is 24.9 Å². The van der Waals surface area contributed by atoms with Crippen LogP contribution in [0.3, 0.4) is 0 Å². The zero-order chi connectivity index (χ0) is 19.9. The van der Waals surface area contributed by atoms with E-state index in [9.17, 15) is 19.5 Å². The summed E-state index contributed by atoms with van der Waals surface area (Å²) in [5.41, 5.74) is 0.574. The third-order valence-corrected chi connectivity index (χ3v) is 6.01. The Balaban J connectivity index is 1.48. The Morgan fingerprint density at radius 3 is 2.86 bits per heavy atom. The van der Waals surface area contributed by atoms with E-state index in [1.165, 1.54) is 4.90 Å². The minimum atomic E-state index is -0.937. The molecule has 4 rings (SSSR count). The van der Waals surface area contributed by atoms with Gasteiger partial charge >= 0.3 is 6.17 Å². The van der Waals surface area contributed by atoms with Crippen LogP contribution < -0.4 is 10.6 Å². The first kappa shape index (κ1) is 18.4. The smallest absolute Gasteiger partial charge is 0.302 e. The van der Waals surface area contributed by atoms with Gasteiger partial charge in [-0.15, -0.1) is 0 Å². The Kier molecular flexibility index (Phi) is 4.55. The maximum Gasteiger partial charge on any atom is 0.302 e. The molecule has 4 atom stereocenters. The van der Waals surface area contributed by atoms with Gasteiger partial charge in [0.05, 0.1) is 12.5 Å². The average Bonchev–Trinajstić information content (AvgIpc) is 3.33. The molecule has 1 saturated heterocycles. The van der Waals surface area contributed by atoms with Crippen LogP contribution in [-0.4, -0.2) is 52.6 Å². The summed E-state index contributed by atoms with van der Waals surface area (Å²) in [5.74, 6) is -1.07. The van der Waals surface area contributed by atoms with Gasteiger partial charge in [0.25, 0.3) is 0 Å². The fourth-order valence-electron chi connectivity index (χ4n) is 4.59. The molecule has 2 fully saturated rings. The molecule has 1 spiro atoms. The number of rotatable bonds is 3. The SMILES string of the molecule is [C-]#[N+][C@@H]1C[C@@]2(CN1C(=O)CC(=O)N[C@@H]1CC[C@H](O)C1)C(=O)Nc1ccccc12. The van der Waals surface area contributed by atoms with Crippen LogP contribution in [-0.2, 0) is 19.8 Å². The van der Waals surface area contributed by atoms with Crippen molar-refractivity contribution in [3.63, 3.8) is 0 Å². The summed E-state index contributed by atoms with van der Waals surface area (Å²) in [4.78, 5) is 42.6. The van der Waals surface area contributed by atoms with Crippen molar-refractivity contribution in [2.45, 2.75) is 55.8 Å². The van der Waals surface area contributed by atoms with Crippen LogP contribution >= 0.6 is 0 Å². The van der Waals surface area contributed by atoms with E-state index >= 15 is 0 Å². The Hall–Kier alpha value is -2.92. The molecule has 2 aliphatic heterocycles. The Bertz CT molecular complexity index is 879. The van der Waals surface area contributed by atoms with Gasteiger partial charge in [-0.3, -0.25) is 24.1 Å². The number of aliphatic hydroxyl groups is 1. The maximum atomic E-state index is 12.8. The highest BCUT2D eigenvalue weighted by Crippen LogP contribution is 2.46. The van der Waals surface area contributed by atoms with Crippen molar-refractivity contribution < 1.29 is 19.5 Å². The van der Waals surface area contributed by atoms with Crippen LogP contribution in [0.1, 0.15) is 37.7 Å². The van der Waals surface area contributed by atoms with Gasteiger partial charge in [-0.2, -0.15) is 0 Å². The molecule has 0 unspecified atom stereocenters. The van der Waals surface area contributed by atoms with Crippen molar-refractivity contribution in [2.75, 3.05) is 11.9 Å². The summed E-state index contributed by atoms with van der Waals surface area (Å²) >= 11 is 0. The molecule has 1 aromatic rings. The Morgan fingerprint density at radius 2 is 2.14 bits per heavy atom. The number of carbonyl (C=O) groups excluding carboxylic acids is 3. The number of fused-ring (bicyclic) bond motifs is 2. The molecule has 1 aliphatic carbocycles. The van der Waals surface area contributed by atoms with Gasteiger partial charge in [0.15, 0.2) is 0 Å². The first-order valence-electron chi connectivity index (χ1n) is 9.47. The van der Waals surface area contributed by atoms with E-state index in [1.807, 2.05) is 24.3 Å². The van der Waals surface area contributed by atoms with Gasteiger partial charge in [0.2, 0.25) is 17.7 Å². The summed E-state index contributed by atoms with van der Waals surface area (Å²) in [6, 6.07) is 7.20. The second-order valence-corrected chi connectivity index (χ2v) is 7.83. The zero-order valence-electron chi connectivity index (χ0n) is 15.4. The van der Waals surface area contributed by atoms with E-state index < -0.39 is 29.5 Å². The number of carbonyl (C=O) groups is 3. The molecule has 0 aromatic heterocycles. The number of hydrogen-bond donors (Lipinski definition) is 3.